The van der Waals surface area contributed by atoms with Gasteiger partial charge in [-0.2, -0.15) is 13.6 Å². The van der Waals surface area contributed by atoms with Crippen molar-refractivity contribution in [1.82, 2.24) is 5.32 Å². The number of methoxy groups -OCH3 is 1. The van der Waals surface area contributed by atoms with E-state index < -0.39 is 16.3 Å². The molecule has 0 atom stereocenters. The Morgan fingerprint density at radius 3 is 2.49 bits per heavy atom. The van der Waals surface area contributed by atoms with Crippen molar-refractivity contribution in [2.75, 3.05) is 7.11 Å². The Labute approximate surface area is 206 Å². The number of carbonyl (C=O) groups excluding carboxylic acids is 2. The van der Waals surface area contributed by atoms with E-state index in [0.29, 0.717) is 18.9 Å². The normalized spacial score (nSPS) is 11.5. The number of unbranched alkanes of at least 4 members (excludes halogenated alkanes) is 2. The molecule has 0 spiro atoms. The lowest BCUT2D eigenvalue weighted by Gasteiger charge is -2.13. The van der Waals surface area contributed by atoms with Crippen LogP contribution < -0.4 is 24.1 Å². The SMILES string of the molecule is COc1cc(CNC(=O)CCCC/C=C/C(C)C)ccc1OC(=O)c1ccccc1OS(N)(=O)=O. The summed E-state index contributed by atoms with van der Waals surface area (Å²) in [5, 5.41) is 7.77. The minimum atomic E-state index is -4.32. The van der Waals surface area contributed by atoms with Gasteiger partial charge in [-0.3, -0.25) is 4.79 Å². The molecule has 3 N–H and O–H groups in total. The number of para-hydroxylation sites is 1. The molecule has 10 heteroatoms. The van der Waals surface area contributed by atoms with E-state index >= 15 is 0 Å². The van der Waals surface area contributed by atoms with Crippen molar-refractivity contribution < 1.29 is 31.7 Å². The first-order valence-electron chi connectivity index (χ1n) is 11.2. The molecule has 0 unspecified atom stereocenters. The van der Waals surface area contributed by atoms with Crippen LogP contribution in [0.2, 0.25) is 0 Å². The molecule has 190 valence electrons. The Balaban J connectivity index is 1.94. The molecule has 1 amide bonds. The highest BCUT2D eigenvalue weighted by molar-refractivity contribution is 7.84. The Bertz CT molecular complexity index is 1140. The van der Waals surface area contributed by atoms with Crippen molar-refractivity contribution in [3.8, 4) is 17.2 Å². The molecule has 0 aliphatic rings. The summed E-state index contributed by atoms with van der Waals surface area (Å²) >= 11 is 0. The molecule has 9 nitrogen and oxygen atoms in total. The van der Waals surface area contributed by atoms with Crippen LogP contribution in [-0.2, 0) is 21.6 Å². The van der Waals surface area contributed by atoms with Crippen LogP contribution >= 0.6 is 0 Å². The van der Waals surface area contributed by atoms with Crippen LogP contribution in [0.15, 0.2) is 54.6 Å². The Hall–Kier alpha value is -3.37. The zero-order valence-corrected chi connectivity index (χ0v) is 21.0. The lowest BCUT2D eigenvalue weighted by molar-refractivity contribution is -0.121. The van der Waals surface area contributed by atoms with Crippen molar-refractivity contribution in [3.05, 3.63) is 65.7 Å². The van der Waals surface area contributed by atoms with E-state index in [1.807, 2.05) is 0 Å². The summed E-state index contributed by atoms with van der Waals surface area (Å²) in [6, 6.07) is 10.5. The van der Waals surface area contributed by atoms with Gasteiger partial charge in [0.2, 0.25) is 5.91 Å². The van der Waals surface area contributed by atoms with Gasteiger partial charge in [0.15, 0.2) is 17.2 Å². The maximum atomic E-state index is 12.6. The second-order valence-corrected chi connectivity index (χ2v) is 9.29. The van der Waals surface area contributed by atoms with Gasteiger partial charge in [-0.05, 0) is 55.0 Å². The Morgan fingerprint density at radius 1 is 1.06 bits per heavy atom. The average Bonchev–Trinajstić information content (AvgIpc) is 2.79. The fourth-order valence-corrected chi connectivity index (χ4v) is 3.49. The number of nitrogens with one attached hydrogen (secondary N) is 1. The quantitative estimate of drug-likeness (QED) is 0.183. The fourth-order valence-electron chi connectivity index (χ4n) is 3.10. The molecular formula is C25H32N2O7S. The topological polar surface area (TPSA) is 134 Å². The van der Waals surface area contributed by atoms with Gasteiger partial charge in [0.05, 0.1) is 7.11 Å². The zero-order chi connectivity index (χ0) is 25.8. The number of allylic oxidation sites excluding steroid dienone is 2. The fraction of sp³-hybridized carbons (Fsp3) is 0.360. The number of amides is 1. The highest BCUT2D eigenvalue weighted by Crippen LogP contribution is 2.30. The van der Waals surface area contributed by atoms with Gasteiger partial charge < -0.3 is 19.0 Å². The van der Waals surface area contributed by atoms with Crippen LogP contribution in [0.3, 0.4) is 0 Å². The molecule has 2 aromatic rings. The predicted octanol–water partition coefficient (Wildman–Crippen LogP) is 3.89. The summed E-state index contributed by atoms with van der Waals surface area (Å²) < 4.78 is 37.9. The summed E-state index contributed by atoms with van der Waals surface area (Å²) in [6.45, 7) is 4.55. The van der Waals surface area contributed by atoms with Crippen LogP contribution in [0.1, 0.15) is 55.5 Å². The maximum absolute atomic E-state index is 12.6. The van der Waals surface area contributed by atoms with Gasteiger partial charge in [-0.15, -0.1) is 0 Å². The summed E-state index contributed by atoms with van der Waals surface area (Å²) in [6.07, 6.45) is 7.48. The summed E-state index contributed by atoms with van der Waals surface area (Å²) in [4.78, 5) is 24.8. The van der Waals surface area contributed by atoms with E-state index in [4.69, 9.17) is 14.6 Å². The second kappa shape index (κ2) is 13.5. The molecule has 0 aliphatic heterocycles. The number of ether oxygens (including phenoxy) is 2. The molecule has 0 saturated heterocycles. The van der Waals surface area contributed by atoms with E-state index in [1.54, 1.807) is 12.1 Å². The zero-order valence-electron chi connectivity index (χ0n) is 20.2. The maximum Gasteiger partial charge on any atom is 0.380 e. The third-order valence-electron chi connectivity index (χ3n) is 4.78. The molecular weight excluding hydrogens is 472 g/mol. The highest BCUT2D eigenvalue weighted by Gasteiger charge is 2.19. The number of carbonyl (C=O) groups is 2. The van der Waals surface area contributed by atoms with Crippen molar-refractivity contribution >= 4 is 22.2 Å². The van der Waals surface area contributed by atoms with Crippen molar-refractivity contribution in [2.45, 2.75) is 46.1 Å². The molecule has 0 heterocycles. The van der Waals surface area contributed by atoms with Crippen molar-refractivity contribution in [1.29, 1.82) is 0 Å². The molecule has 2 aromatic carbocycles. The van der Waals surface area contributed by atoms with E-state index in [-0.39, 0.29) is 28.7 Å². The third kappa shape index (κ3) is 10.2. The number of rotatable bonds is 13. The molecule has 0 fully saturated rings. The number of hydrogen-bond donors (Lipinski definition) is 2. The average molecular weight is 505 g/mol. The number of esters is 1. The van der Waals surface area contributed by atoms with Gasteiger partial charge >= 0.3 is 16.3 Å². The van der Waals surface area contributed by atoms with Crippen molar-refractivity contribution in [3.63, 3.8) is 0 Å². The van der Waals surface area contributed by atoms with Gasteiger partial charge in [-0.25, -0.2) is 4.79 Å². The highest BCUT2D eigenvalue weighted by atomic mass is 32.2. The summed E-state index contributed by atoms with van der Waals surface area (Å²) in [5.41, 5.74) is 0.632. The Kier molecular flexibility index (Phi) is 10.8. The number of benzene rings is 2. The lowest BCUT2D eigenvalue weighted by Crippen LogP contribution is -2.22. The van der Waals surface area contributed by atoms with Gasteiger partial charge in [0.1, 0.15) is 5.56 Å². The minimum Gasteiger partial charge on any atom is -0.493 e. The first-order valence-corrected chi connectivity index (χ1v) is 12.7. The monoisotopic (exact) mass is 504 g/mol. The predicted molar refractivity (Wildman–Crippen MR) is 132 cm³/mol. The largest absolute Gasteiger partial charge is 0.493 e. The summed E-state index contributed by atoms with van der Waals surface area (Å²) in [5.74, 6) is -0.232. The minimum absolute atomic E-state index is 0.0428. The molecule has 0 saturated carbocycles. The van der Waals surface area contributed by atoms with Gasteiger partial charge in [0.25, 0.3) is 0 Å². The number of hydrogen-bond acceptors (Lipinski definition) is 7. The van der Waals surface area contributed by atoms with Crippen LogP contribution in [-0.4, -0.2) is 27.4 Å². The second-order valence-electron chi connectivity index (χ2n) is 8.14. The van der Waals surface area contributed by atoms with Crippen LogP contribution in [0.4, 0.5) is 0 Å². The lowest BCUT2D eigenvalue weighted by atomic mass is 10.1. The molecule has 0 radical (unpaired) electrons. The van der Waals surface area contributed by atoms with E-state index in [9.17, 15) is 18.0 Å². The molecule has 0 aliphatic carbocycles. The third-order valence-corrected chi connectivity index (χ3v) is 5.19. The van der Waals surface area contributed by atoms with E-state index in [1.165, 1.54) is 37.4 Å². The van der Waals surface area contributed by atoms with Crippen molar-refractivity contribution in [2.24, 2.45) is 11.1 Å². The summed E-state index contributed by atoms with van der Waals surface area (Å²) in [7, 11) is -2.90. The molecule has 0 bridgehead atoms. The smallest absolute Gasteiger partial charge is 0.380 e. The van der Waals surface area contributed by atoms with Crippen LogP contribution in [0.25, 0.3) is 0 Å². The first kappa shape index (κ1) is 27.9. The van der Waals surface area contributed by atoms with Gasteiger partial charge in [0, 0.05) is 13.0 Å². The van der Waals surface area contributed by atoms with E-state index in [0.717, 1.165) is 24.8 Å². The van der Waals surface area contributed by atoms with Crippen LogP contribution in [0.5, 0.6) is 17.2 Å². The van der Waals surface area contributed by atoms with Gasteiger partial charge in [-0.1, -0.05) is 44.2 Å². The van der Waals surface area contributed by atoms with E-state index in [2.05, 4.69) is 35.5 Å². The molecule has 2 rings (SSSR count). The first-order chi connectivity index (χ1) is 16.6. The van der Waals surface area contributed by atoms with Crippen LogP contribution in [0, 0.1) is 5.92 Å². The Morgan fingerprint density at radius 2 is 1.80 bits per heavy atom. The standard InChI is InChI=1S/C25H32N2O7S/c1-18(2)10-6-4-5-7-13-24(28)27-17-19-14-15-22(23(16-19)32-3)33-25(29)20-11-8-9-12-21(20)34-35(26,30)31/h6,8-12,14-16,18H,4-5,7,13,17H2,1-3H3,(H,27,28)(H2,26,30,31)/b10-6+. The molecule has 0 aromatic heterocycles. The number of nitrogens with two attached hydrogens (primary N) is 1. The molecule has 35 heavy (non-hydrogen) atoms.